The molecule has 21 heavy (non-hydrogen) atoms. The number of nitrogens with zero attached hydrogens (tertiary/aromatic N) is 1. The van der Waals surface area contributed by atoms with Crippen LogP contribution in [-0.2, 0) is 0 Å². The second kappa shape index (κ2) is 6.75. The lowest BCUT2D eigenvalue weighted by atomic mass is 9.89. The highest BCUT2D eigenvalue weighted by atomic mass is 19.1. The van der Waals surface area contributed by atoms with Gasteiger partial charge in [0, 0.05) is 43.9 Å². The molecule has 1 aliphatic carbocycles. The van der Waals surface area contributed by atoms with E-state index in [-0.39, 0.29) is 11.9 Å². The largest absolute Gasteiger partial charge is 0.497 e. The highest BCUT2D eigenvalue weighted by Gasteiger charge is 2.33. The smallest absolute Gasteiger partial charge is 0.131 e. The topological polar surface area (TPSA) is 24.5 Å². The molecule has 0 radical (unpaired) electrons. The van der Waals surface area contributed by atoms with Gasteiger partial charge in [0.2, 0.25) is 0 Å². The molecule has 3 rings (SSSR count). The Hall–Kier alpha value is -1.13. The molecule has 1 N–H and O–H groups in total. The number of methoxy groups -OCH3 is 1. The van der Waals surface area contributed by atoms with Crippen molar-refractivity contribution < 1.29 is 9.13 Å². The van der Waals surface area contributed by atoms with Crippen LogP contribution in [0.1, 0.15) is 37.3 Å². The molecule has 1 heterocycles. The molecule has 2 aliphatic rings. The molecule has 116 valence electrons. The Balaban J connectivity index is 1.89. The quantitative estimate of drug-likeness (QED) is 0.923. The Bertz CT molecular complexity index is 468. The first-order valence-electron chi connectivity index (χ1n) is 8.08. The van der Waals surface area contributed by atoms with Crippen LogP contribution in [0.15, 0.2) is 18.2 Å². The molecular formula is C17H25FN2O. The van der Waals surface area contributed by atoms with Crippen LogP contribution in [0.4, 0.5) is 4.39 Å². The van der Waals surface area contributed by atoms with Crippen LogP contribution in [0.3, 0.4) is 0 Å². The lowest BCUT2D eigenvalue weighted by Crippen LogP contribution is -2.46. The van der Waals surface area contributed by atoms with Crippen molar-refractivity contribution in [2.75, 3.05) is 33.3 Å². The Morgan fingerprint density at radius 2 is 1.95 bits per heavy atom. The van der Waals surface area contributed by atoms with Gasteiger partial charge in [0.1, 0.15) is 11.6 Å². The van der Waals surface area contributed by atoms with Gasteiger partial charge in [-0.2, -0.15) is 0 Å². The first-order valence-corrected chi connectivity index (χ1v) is 8.08. The normalized spacial score (nSPS) is 22.4. The third-order valence-corrected chi connectivity index (χ3v) is 4.92. The highest BCUT2D eigenvalue weighted by Crippen LogP contribution is 2.41. The molecule has 1 atom stereocenters. The van der Waals surface area contributed by atoms with E-state index in [2.05, 4.69) is 10.2 Å². The van der Waals surface area contributed by atoms with E-state index in [0.29, 0.717) is 11.7 Å². The van der Waals surface area contributed by atoms with Crippen LogP contribution in [-0.4, -0.2) is 38.2 Å². The molecule has 4 heteroatoms. The SMILES string of the molecule is COc1ccc([C@H](C2CCCC2)N2CCNCC2)c(F)c1. The van der Waals surface area contributed by atoms with Gasteiger partial charge in [0.25, 0.3) is 0 Å². The molecular weight excluding hydrogens is 267 g/mol. The monoisotopic (exact) mass is 292 g/mol. The van der Waals surface area contributed by atoms with Gasteiger partial charge in [-0.15, -0.1) is 0 Å². The number of nitrogens with one attached hydrogen (secondary N) is 1. The molecule has 0 bridgehead atoms. The number of piperazine rings is 1. The summed E-state index contributed by atoms with van der Waals surface area (Å²) in [6.45, 7) is 4.02. The molecule has 1 saturated carbocycles. The Morgan fingerprint density at radius 3 is 2.57 bits per heavy atom. The Kier molecular flexibility index (Phi) is 4.76. The standard InChI is InChI=1S/C17H25FN2O/c1-21-14-6-7-15(16(18)12-14)17(13-4-2-3-5-13)20-10-8-19-9-11-20/h6-7,12-13,17,19H,2-5,8-11H2,1H3/t17-/m0/s1. The van der Waals surface area contributed by atoms with Gasteiger partial charge in [0.15, 0.2) is 0 Å². The van der Waals surface area contributed by atoms with E-state index in [1.807, 2.05) is 12.1 Å². The summed E-state index contributed by atoms with van der Waals surface area (Å²) in [5.41, 5.74) is 0.851. The molecule has 1 aromatic carbocycles. The van der Waals surface area contributed by atoms with E-state index in [4.69, 9.17) is 4.74 Å². The van der Waals surface area contributed by atoms with Gasteiger partial charge in [-0.1, -0.05) is 18.9 Å². The molecule has 0 aromatic heterocycles. The molecule has 0 unspecified atom stereocenters. The van der Waals surface area contributed by atoms with Crippen molar-refractivity contribution in [2.24, 2.45) is 5.92 Å². The average Bonchev–Trinajstić information content (AvgIpc) is 3.04. The summed E-state index contributed by atoms with van der Waals surface area (Å²) in [5, 5.41) is 3.39. The maximum Gasteiger partial charge on any atom is 0.131 e. The first-order chi connectivity index (χ1) is 10.3. The maximum atomic E-state index is 14.6. The lowest BCUT2D eigenvalue weighted by Gasteiger charge is -2.38. The van der Waals surface area contributed by atoms with Crippen molar-refractivity contribution in [1.29, 1.82) is 0 Å². The van der Waals surface area contributed by atoms with Crippen molar-refractivity contribution >= 4 is 0 Å². The van der Waals surface area contributed by atoms with Crippen LogP contribution in [0.2, 0.25) is 0 Å². The summed E-state index contributed by atoms with van der Waals surface area (Å²) in [6, 6.07) is 5.57. The highest BCUT2D eigenvalue weighted by molar-refractivity contribution is 5.31. The zero-order valence-corrected chi connectivity index (χ0v) is 12.8. The third-order valence-electron chi connectivity index (χ3n) is 4.92. The minimum atomic E-state index is -0.121. The number of halogens is 1. The second-order valence-corrected chi connectivity index (χ2v) is 6.16. The summed E-state index contributed by atoms with van der Waals surface area (Å²) in [4.78, 5) is 2.47. The van der Waals surface area contributed by atoms with Gasteiger partial charge >= 0.3 is 0 Å². The van der Waals surface area contributed by atoms with Gasteiger partial charge < -0.3 is 10.1 Å². The van der Waals surface area contributed by atoms with E-state index in [1.165, 1.54) is 31.7 Å². The Labute approximate surface area is 126 Å². The van der Waals surface area contributed by atoms with E-state index in [9.17, 15) is 4.39 Å². The molecule has 1 saturated heterocycles. The minimum absolute atomic E-state index is 0.121. The van der Waals surface area contributed by atoms with E-state index < -0.39 is 0 Å². The number of hydrogen-bond acceptors (Lipinski definition) is 3. The predicted octanol–water partition coefficient (Wildman–Crippen LogP) is 2.97. The maximum absolute atomic E-state index is 14.6. The number of ether oxygens (including phenoxy) is 1. The Morgan fingerprint density at radius 1 is 1.24 bits per heavy atom. The molecule has 0 spiro atoms. The zero-order chi connectivity index (χ0) is 14.7. The lowest BCUT2D eigenvalue weighted by molar-refractivity contribution is 0.122. The van der Waals surface area contributed by atoms with Crippen LogP contribution in [0, 0.1) is 11.7 Å². The summed E-state index contributed by atoms with van der Waals surface area (Å²) < 4.78 is 19.7. The molecule has 2 fully saturated rings. The van der Waals surface area contributed by atoms with Crippen LogP contribution < -0.4 is 10.1 Å². The molecule has 3 nitrogen and oxygen atoms in total. The average molecular weight is 292 g/mol. The number of rotatable bonds is 4. The van der Waals surface area contributed by atoms with Gasteiger partial charge in [-0.05, 0) is 24.8 Å². The van der Waals surface area contributed by atoms with Gasteiger partial charge in [-0.3, -0.25) is 4.90 Å². The van der Waals surface area contributed by atoms with Crippen molar-refractivity contribution in [3.63, 3.8) is 0 Å². The zero-order valence-electron chi connectivity index (χ0n) is 12.8. The molecule has 1 aromatic rings. The number of hydrogen-bond donors (Lipinski definition) is 1. The summed E-state index contributed by atoms with van der Waals surface area (Å²) in [7, 11) is 1.58. The van der Waals surface area contributed by atoms with Crippen molar-refractivity contribution in [1.82, 2.24) is 10.2 Å². The minimum Gasteiger partial charge on any atom is -0.497 e. The summed E-state index contributed by atoms with van der Waals surface area (Å²) in [5.74, 6) is 1.07. The van der Waals surface area contributed by atoms with Crippen molar-refractivity contribution in [3.8, 4) is 5.75 Å². The van der Waals surface area contributed by atoms with Gasteiger partial charge in [0.05, 0.1) is 7.11 Å². The molecule has 1 aliphatic heterocycles. The molecule has 0 amide bonds. The third kappa shape index (κ3) is 3.22. The predicted molar refractivity (Wildman–Crippen MR) is 82.1 cm³/mol. The van der Waals surface area contributed by atoms with E-state index >= 15 is 0 Å². The summed E-state index contributed by atoms with van der Waals surface area (Å²) >= 11 is 0. The van der Waals surface area contributed by atoms with Crippen LogP contribution in [0.5, 0.6) is 5.75 Å². The van der Waals surface area contributed by atoms with E-state index in [1.54, 1.807) is 7.11 Å². The fourth-order valence-corrected chi connectivity index (χ4v) is 3.86. The summed E-state index contributed by atoms with van der Waals surface area (Å²) in [6.07, 6.45) is 5.01. The fourth-order valence-electron chi connectivity index (χ4n) is 3.86. The van der Waals surface area contributed by atoms with Gasteiger partial charge in [-0.25, -0.2) is 4.39 Å². The first kappa shape index (κ1) is 14.8. The van der Waals surface area contributed by atoms with Crippen molar-refractivity contribution in [2.45, 2.75) is 31.7 Å². The second-order valence-electron chi connectivity index (χ2n) is 6.16. The van der Waals surface area contributed by atoms with Crippen LogP contribution in [0.25, 0.3) is 0 Å². The van der Waals surface area contributed by atoms with Crippen molar-refractivity contribution in [3.05, 3.63) is 29.6 Å². The van der Waals surface area contributed by atoms with E-state index in [0.717, 1.165) is 31.7 Å². The fraction of sp³-hybridized carbons (Fsp3) is 0.647. The van der Waals surface area contributed by atoms with Crippen LogP contribution >= 0.6 is 0 Å². The number of benzene rings is 1.